The number of nitrogens with one attached hydrogen (secondary N) is 3. The Hall–Kier alpha value is -4.38. The first-order valence-corrected chi connectivity index (χ1v) is 13.4. The van der Waals surface area contributed by atoms with Gasteiger partial charge in [0.05, 0.1) is 5.69 Å². The van der Waals surface area contributed by atoms with Crippen LogP contribution in [0.4, 0.5) is 16.5 Å². The highest BCUT2D eigenvalue weighted by Crippen LogP contribution is 2.27. The highest BCUT2D eigenvalue weighted by Gasteiger charge is 2.15. The summed E-state index contributed by atoms with van der Waals surface area (Å²) in [6.07, 6.45) is 8.90. The average molecular weight is 542 g/mol. The largest absolute Gasteiger partial charge is 0.350 e. The lowest BCUT2D eigenvalue weighted by Gasteiger charge is -2.21. The van der Waals surface area contributed by atoms with Gasteiger partial charge in [0.2, 0.25) is 0 Å². The molecule has 0 aliphatic carbocycles. The second-order valence-electron chi connectivity index (χ2n) is 8.78. The number of ether oxygens (including phenoxy) is 1. The molecule has 3 heterocycles. The van der Waals surface area contributed by atoms with Gasteiger partial charge in [-0.25, -0.2) is 15.3 Å². The quantitative estimate of drug-likeness (QED) is 0.182. The molecule has 1 saturated heterocycles. The second-order valence-corrected chi connectivity index (χ2v) is 9.63. The van der Waals surface area contributed by atoms with Crippen molar-refractivity contribution in [3.8, 4) is 11.3 Å². The zero-order chi connectivity index (χ0) is 26.9. The minimum Gasteiger partial charge on any atom is -0.350 e. The molecule has 2 amide bonds. The van der Waals surface area contributed by atoms with Crippen LogP contribution in [0.5, 0.6) is 0 Å². The van der Waals surface area contributed by atoms with Gasteiger partial charge in [-0.3, -0.25) is 14.6 Å². The van der Waals surface area contributed by atoms with Crippen LogP contribution in [0.1, 0.15) is 35.2 Å². The minimum absolute atomic E-state index is 0.241. The Morgan fingerprint density at radius 1 is 1.05 bits per heavy atom. The number of amides is 2. The number of hydroxylamine groups is 1. The number of hydrogen-bond donors (Lipinski definition) is 3. The normalized spacial score (nSPS) is 15.1. The Morgan fingerprint density at radius 3 is 2.72 bits per heavy atom. The summed E-state index contributed by atoms with van der Waals surface area (Å²) in [6.45, 7) is 0.638. The van der Waals surface area contributed by atoms with Gasteiger partial charge in [-0.1, -0.05) is 18.2 Å². The van der Waals surface area contributed by atoms with E-state index in [1.165, 1.54) is 17.4 Å². The van der Waals surface area contributed by atoms with Gasteiger partial charge in [0.15, 0.2) is 11.4 Å². The molecule has 9 nitrogen and oxygen atoms in total. The molecular weight excluding hydrogens is 514 g/mol. The molecular formula is C29H27N5O4S. The number of thiazole rings is 1. The van der Waals surface area contributed by atoms with Gasteiger partial charge in [0.1, 0.15) is 0 Å². The number of benzene rings is 2. The van der Waals surface area contributed by atoms with E-state index in [4.69, 9.17) is 9.57 Å². The van der Waals surface area contributed by atoms with E-state index < -0.39 is 6.29 Å². The van der Waals surface area contributed by atoms with Gasteiger partial charge in [0.25, 0.3) is 11.8 Å². The maximum absolute atomic E-state index is 12.8. The third-order valence-electron chi connectivity index (χ3n) is 5.86. The van der Waals surface area contributed by atoms with Crippen molar-refractivity contribution in [3.05, 3.63) is 95.6 Å². The number of hydrogen-bond acceptors (Lipinski definition) is 8. The van der Waals surface area contributed by atoms with Crippen molar-refractivity contribution in [2.75, 3.05) is 17.2 Å². The third-order valence-corrected chi connectivity index (χ3v) is 6.62. The fraction of sp³-hybridized carbons (Fsp3) is 0.172. The first-order valence-electron chi connectivity index (χ1n) is 12.5. The summed E-state index contributed by atoms with van der Waals surface area (Å²) < 4.78 is 5.41. The molecule has 1 aliphatic heterocycles. The monoisotopic (exact) mass is 541 g/mol. The van der Waals surface area contributed by atoms with Crippen LogP contribution in [0, 0.1) is 0 Å². The molecule has 1 fully saturated rings. The van der Waals surface area contributed by atoms with Gasteiger partial charge in [-0.05, 0) is 66.9 Å². The molecule has 0 bridgehead atoms. The molecule has 39 heavy (non-hydrogen) atoms. The molecule has 2 aromatic heterocycles. The highest BCUT2D eigenvalue weighted by molar-refractivity contribution is 7.14. The molecule has 0 saturated carbocycles. The van der Waals surface area contributed by atoms with Crippen LogP contribution in [-0.4, -0.2) is 34.7 Å². The summed E-state index contributed by atoms with van der Waals surface area (Å²) in [5.41, 5.74) is 6.90. The number of carbonyl (C=O) groups is 2. The van der Waals surface area contributed by atoms with Crippen LogP contribution >= 0.6 is 11.3 Å². The van der Waals surface area contributed by atoms with Crippen LogP contribution in [0.15, 0.2) is 84.5 Å². The van der Waals surface area contributed by atoms with E-state index in [1.54, 1.807) is 42.7 Å². The smallest absolute Gasteiger partial charge is 0.267 e. The van der Waals surface area contributed by atoms with Crippen molar-refractivity contribution < 1.29 is 19.2 Å². The molecule has 1 unspecified atom stereocenters. The van der Waals surface area contributed by atoms with Crippen LogP contribution in [0.2, 0.25) is 0 Å². The molecule has 0 radical (unpaired) electrons. The van der Waals surface area contributed by atoms with Crippen molar-refractivity contribution in [3.63, 3.8) is 0 Å². The summed E-state index contributed by atoms with van der Waals surface area (Å²) in [7, 11) is 0. The molecule has 1 aliphatic rings. The number of nitrogens with zero attached hydrogens (tertiary/aromatic N) is 2. The van der Waals surface area contributed by atoms with E-state index in [0.717, 1.165) is 46.9 Å². The minimum atomic E-state index is -0.400. The summed E-state index contributed by atoms with van der Waals surface area (Å²) in [6, 6.07) is 18.2. The van der Waals surface area contributed by atoms with Crippen LogP contribution in [0.3, 0.4) is 0 Å². The molecule has 5 rings (SSSR count). The lowest BCUT2D eigenvalue weighted by molar-refractivity contribution is -0.198. The van der Waals surface area contributed by atoms with Crippen LogP contribution < -0.4 is 16.1 Å². The number of anilines is 3. The molecule has 4 aromatic rings. The number of carbonyl (C=O) groups excluding carboxylic acids is 2. The zero-order valence-corrected chi connectivity index (χ0v) is 21.8. The van der Waals surface area contributed by atoms with Crippen molar-refractivity contribution in [2.24, 2.45) is 0 Å². The Kier molecular flexibility index (Phi) is 8.69. The fourth-order valence-corrected chi connectivity index (χ4v) is 4.60. The topological polar surface area (TPSA) is 114 Å². The second kappa shape index (κ2) is 12.9. The van der Waals surface area contributed by atoms with Gasteiger partial charge in [-0.15, -0.1) is 11.3 Å². The number of pyridine rings is 1. The average Bonchev–Trinajstić information content (AvgIpc) is 3.45. The molecule has 1 atom stereocenters. The van der Waals surface area contributed by atoms with E-state index in [0.29, 0.717) is 17.9 Å². The van der Waals surface area contributed by atoms with Crippen LogP contribution in [-0.2, 0) is 14.4 Å². The third kappa shape index (κ3) is 7.57. The maximum atomic E-state index is 12.8. The summed E-state index contributed by atoms with van der Waals surface area (Å²) in [5.74, 6) is -0.625. The van der Waals surface area contributed by atoms with E-state index in [9.17, 15) is 9.59 Å². The first-order chi connectivity index (χ1) is 19.1. The Morgan fingerprint density at radius 2 is 1.92 bits per heavy atom. The number of rotatable bonds is 9. The lowest BCUT2D eigenvalue weighted by Crippen LogP contribution is -2.32. The van der Waals surface area contributed by atoms with E-state index in [1.807, 2.05) is 41.8 Å². The number of aromatic nitrogens is 2. The molecule has 198 valence electrons. The van der Waals surface area contributed by atoms with E-state index in [2.05, 4.69) is 26.1 Å². The Bertz CT molecular complexity index is 1430. The van der Waals surface area contributed by atoms with Gasteiger partial charge in [-0.2, -0.15) is 0 Å². The molecule has 0 spiro atoms. The Labute approximate surface area is 229 Å². The molecule has 3 N–H and O–H groups in total. The lowest BCUT2D eigenvalue weighted by atomic mass is 10.1. The summed E-state index contributed by atoms with van der Waals surface area (Å²) in [4.78, 5) is 38.8. The van der Waals surface area contributed by atoms with Crippen LogP contribution in [0.25, 0.3) is 17.3 Å². The van der Waals surface area contributed by atoms with E-state index in [-0.39, 0.29) is 11.8 Å². The molecule has 2 aromatic carbocycles. The van der Waals surface area contributed by atoms with Gasteiger partial charge in [0, 0.05) is 59.4 Å². The Balaban J connectivity index is 1.13. The van der Waals surface area contributed by atoms with Crippen molar-refractivity contribution >= 4 is 45.7 Å². The predicted octanol–water partition coefficient (Wildman–Crippen LogP) is 5.79. The van der Waals surface area contributed by atoms with E-state index >= 15 is 0 Å². The first kappa shape index (κ1) is 26.2. The SMILES string of the molecule is O=C(C=Cc1ccc(C(=O)Nc2cccc(Nc3nc(-c4cccnc4)cs3)c2)cc1)NOC1CCCCO1. The highest BCUT2D eigenvalue weighted by atomic mass is 32.1. The predicted molar refractivity (Wildman–Crippen MR) is 151 cm³/mol. The van der Waals surface area contributed by atoms with Crippen molar-refractivity contribution in [1.82, 2.24) is 15.4 Å². The summed E-state index contributed by atoms with van der Waals surface area (Å²) in [5, 5.41) is 8.91. The maximum Gasteiger partial charge on any atom is 0.267 e. The standard InChI is InChI=1S/C29H27N5O4S/c35-26(34-38-27-8-1-2-16-37-27)14-11-20-9-12-21(13-10-20)28(36)31-23-6-3-7-24(17-23)32-29-33-25(19-39-29)22-5-4-15-30-18-22/h3-7,9-15,17-19,27H,1-2,8,16H2,(H,31,36)(H,32,33)(H,34,35). The van der Waals surface area contributed by atoms with Gasteiger partial charge < -0.3 is 15.4 Å². The molecule has 10 heteroatoms. The summed E-state index contributed by atoms with van der Waals surface area (Å²) >= 11 is 1.49. The van der Waals surface area contributed by atoms with Gasteiger partial charge >= 0.3 is 0 Å². The zero-order valence-electron chi connectivity index (χ0n) is 21.0. The van der Waals surface area contributed by atoms with Crippen molar-refractivity contribution in [2.45, 2.75) is 25.6 Å². The van der Waals surface area contributed by atoms with Crippen molar-refractivity contribution in [1.29, 1.82) is 0 Å². The fourth-order valence-electron chi connectivity index (χ4n) is 3.86.